The van der Waals surface area contributed by atoms with Crippen molar-refractivity contribution in [2.45, 2.75) is 39.2 Å². The Morgan fingerprint density at radius 1 is 1.12 bits per heavy atom. The van der Waals surface area contributed by atoms with Crippen molar-refractivity contribution < 1.29 is 9.59 Å². The molecule has 0 aliphatic heterocycles. The van der Waals surface area contributed by atoms with E-state index in [9.17, 15) is 9.59 Å². The Hall–Kier alpha value is -1.10. The van der Waals surface area contributed by atoms with Crippen LogP contribution in [-0.4, -0.2) is 38.0 Å². The summed E-state index contributed by atoms with van der Waals surface area (Å²) in [5.74, 6) is 0.0188. The molecule has 2 amide bonds. The van der Waals surface area contributed by atoms with Crippen LogP contribution in [0.5, 0.6) is 0 Å². The molecule has 3 N–H and O–H groups in total. The minimum Gasteiger partial charge on any atom is -0.356 e. The Labute approximate surface area is 97.4 Å². The zero-order valence-electron chi connectivity index (χ0n) is 10.4. The summed E-state index contributed by atoms with van der Waals surface area (Å²) in [5.41, 5.74) is 0. The first kappa shape index (κ1) is 14.9. The van der Waals surface area contributed by atoms with Crippen LogP contribution in [0.4, 0.5) is 0 Å². The van der Waals surface area contributed by atoms with E-state index in [4.69, 9.17) is 0 Å². The third kappa shape index (κ3) is 8.23. The van der Waals surface area contributed by atoms with Crippen LogP contribution in [-0.2, 0) is 9.59 Å². The zero-order chi connectivity index (χ0) is 12.4. The number of likely N-dealkylation sites (N-methyl/N-ethyl adjacent to an activating group) is 1. The Kier molecular flexibility index (Phi) is 8.52. The minimum atomic E-state index is 0.00592. The number of rotatable bonds is 8. The van der Waals surface area contributed by atoms with Gasteiger partial charge in [-0.05, 0) is 27.3 Å². The Morgan fingerprint density at radius 3 is 2.19 bits per heavy atom. The number of nitrogens with one attached hydrogen (secondary N) is 3. The molecule has 0 heterocycles. The molecular formula is C11H23N3O2. The van der Waals surface area contributed by atoms with Crippen molar-refractivity contribution in [1.82, 2.24) is 16.0 Å². The first-order valence-electron chi connectivity index (χ1n) is 5.80. The number of hydrogen-bond donors (Lipinski definition) is 3. The molecule has 1 atom stereocenters. The van der Waals surface area contributed by atoms with E-state index in [0.29, 0.717) is 32.4 Å². The second-order valence-corrected chi connectivity index (χ2v) is 3.80. The Balaban J connectivity index is 3.47. The zero-order valence-corrected chi connectivity index (χ0v) is 10.4. The summed E-state index contributed by atoms with van der Waals surface area (Å²) in [6.07, 6.45) is 1.43. The van der Waals surface area contributed by atoms with Gasteiger partial charge in [-0.15, -0.1) is 0 Å². The van der Waals surface area contributed by atoms with Gasteiger partial charge in [-0.25, -0.2) is 0 Å². The van der Waals surface area contributed by atoms with Crippen LogP contribution in [0, 0.1) is 0 Å². The summed E-state index contributed by atoms with van der Waals surface area (Å²) < 4.78 is 0. The molecule has 0 fully saturated rings. The summed E-state index contributed by atoms with van der Waals surface area (Å²) in [7, 11) is 1.85. The fraction of sp³-hybridized carbons (Fsp3) is 0.818. The molecule has 0 rings (SSSR count). The number of carbonyl (C=O) groups is 2. The molecule has 5 heteroatoms. The summed E-state index contributed by atoms with van der Waals surface area (Å²) >= 11 is 0. The van der Waals surface area contributed by atoms with E-state index in [0.717, 1.165) is 0 Å². The van der Waals surface area contributed by atoms with Gasteiger partial charge in [0.1, 0.15) is 0 Å². The highest BCUT2D eigenvalue weighted by Gasteiger charge is 2.05. The predicted octanol–water partition coefficient (Wildman–Crippen LogP) is 0.0169. The fourth-order valence-corrected chi connectivity index (χ4v) is 1.15. The summed E-state index contributed by atoms with van der Waals surface area (Å²) in [5, 5.41) is 8.54. The molecule has 0 saturated heterocycles. The molecule has 1 unspecified atom stereocenters. The first-order valence-corrected chi connectivity index (χ1v) is 5.80. The highest BCUT2D eigenvalue weighted by atomic mass is 16.2. The van der Waals surface area contributed by atoms with Crippen molar-refractivity contribution in [3.63, 3.8) is 0 Å². The third-order valence-electron chi connectivity index (χ3n) is 2.28. The second-order valence-electron chi connectivity index (χ2n) is 3.80. The van der Waals surface area contributed by atoms with Crippen molar-refractivity contribution >= 4 is 11.8 Å². The van der Waals surface area contributed by atoms with Crippen LogP contribution in [0.15, 0.2) is 0 Å². The topological polar surface area (TPSA) is 70.2 Å². The second kappa shape index (κ2) is 9.15. The SMILES string of the molecule is CCNC(=O)CCCC(=O)NCC(C)NC. The average molecular weight is 229 g/mol. The molecular weight excluding hydrogens is 206 g/mol. The van der Waals surface area contributed by atoms with Crippen LogP contribution in [0.3, 0.4) is 0 Å². The lowest BCUT2D eigenvalue weighted by Crippen LogP contribution is -2.37. The van der Waals surface area contributed by atoms with Gasteiger partial charge in [-0.3, -0.25) is 9.59 Å². The summed E-state index contributed by atoms with van der Waals surface area (Å²) in [6.45, 7) is 5.14. The van der Waals surface area contributed by atoms with Gasteiger partial charge in [0.25, 0.3) is 0 Å². The number of amides is 2. The van der Waals surface area contributed by atoms with E-state index in [1.54, 1.807) is 0 Å². The fourth-order valence-electron chi connectivity index (χ4n) is 1.15. The van der Waals surface area contributed by atoms with Crippen LogP contribution < -0.4 is 16.0 Å². The number of carbonyl (C=O) groups excluding carboxylic acids is 2. The maximum atomic E-state index is 11.3. The van der Waals surface area contributed by atoms with Gasteiger partial charge in [-0.2, -0.15) is 0 Å². The molecule has 0 aromatic heterocycles. The average Bonchev–Trinajstić information content (AvgIpc) is 2.26. The lowest BCUT2D eigenvalue weighted by atomic mass is 10.2. The normalized spacial score (nSPS) is 11.9. The summed E-state index contributed by atoms with van der Waals surface area (Å²) in [6, 6.07) is 0.271. The first-order chi connectivity index (χ1) is 7.60. The van der Waals surface area contributed by atoms with E-state index in [1.807, 2.05) is 20.9 Å². The molecule has 0 aromatic rings. The van der Waals surface area contributed by atoms with Gasteiger partial charge >= 0.3 is 0 Å². The summed E-state index contributed by atoms with van der Waals surface area (Å²) in [4.78, 5) is 22.4. The van der Waals surface area contributed by atoms with E-state index in [2.05, 4.69) is 16.0 Å². The highest BCUT2D eigenvalue weighted by molar-refractivity contribution is 5.78. The molecule has 5 nitrogen and oxygen atoms in total. The highest BCUT2D eigenvalue weighted by Crippen LogP contribution is 1.95. The van der Waals surface area contributed by atoms with Crippen molar-refractivity contribution in [2.24, 2.45) is 0 Å². The molecule has 0 saturated carbocycles. The van der Waals surface area contributed by atoms with Gasteiger partial charge in [0, 0.05) is 32.0 Å². The molecule has 0 aliphatic carbocycles. The van der Waals surface area contributed by atoms with Crippen LogP contribution in [0.1, 0.15) is 33.1 Å². The molecule has 0 spiro atoms. The quantitative estimate of drug-likeness (QED) is 0.549. The lowest BCUT2D eigenvalue weighted by Gasteiger charge is -2.11. The molecule has 94 valence electrons. The van der Waals surface area contributed by atoms with Gasteiger partial charge in [0.05, 0.1) is 0 Å². The lowest BCUT2D eigenvalue weighted by molar-refractivity contribution is -0.122. The monoisotopic (exact) mass is 229 g/mol. The van der Waals surface area contributed by atoms with Gasteiger partial charge in [-0.1, -0.05) is 0 Å². The molecule has 0 aromatic carbocycles. The van der Waals surface area contributed by atoms with Gasteiger partial charge < -0.3 is 16.0 Å². The largest absolute Gasteiger partial charge is 0.356 e. The van der Waals surface area contributed by atoms with Gasteiger partial charge in [0.2, 0.25) is 11.8 Å². The van der Waals surface area contributed by atoms with E-state index in [-0.39, 0.29) is 17.9 Å². The molecule has 0 bridgehead atoms. The van der Waals surface area contributed by atoms with E-state index >= 15 is 0 Å². The Bertz CT molecular complexity index is 219. The van der Waals surface area contributed by atoms with Crippen molar-refractivity contribution in [3.05, 3.63) is 0 Å². The van der Waals surface area contributed by atoms with Crippen molar-refractivity contribution in [1.29, 1.82) is 0 Å². The Morgan fingerprint density at radius 2 is 1.69 bits per heavy atom. The van der Waals surface area contributed by atoms with Crippen LogP contribution in [0.25, 0.3) is 0 Å². The van der Waals surface area contributed by atoms with Crippen LogP contribution in [0.2, 0.25) is 0 Å². The molecule has 16 heavy (non-hydrogen) atoms. The number of hydrogen-bond acceptors (Lipinski definition) is 3. The standard InChI is InChI=1S/C11H23N3O2/c1-4-13-10(15)6-5-7-11(16)14-8-9(2)12-3/h9,12H,4-8H2,1-3H3,(H,13,15)(H,14,16). The molecule has 0 radical (unpaired) electrons. The maximum Gasteiger partial charge on any atom is 0.220 e. The smallest absolute Gasteiger partial charge is 0.220 e. The predicted molar refractivity (Wildman–Crippen MR) is 64.1 cm³/mol. The third-order valence-corrected chi connectivity index (χ3v) is 2.28. The molecule has 0 aliphatic rings. The van der Waals surface area contributed by atoms with Crippen molar-refractivity contribution in [2.75, 3.05) is 20.1 Å². The maximum absolute atomic E-state index is 11.3. The minimum absolute atomic E-state index is 0.00592. The van der Waals surface area contributed by atoms with Gasteiger partial charge in [0.15, 0.2) is 0 Å². The van der Waals surface area contributed by atoms with E-state index < -0.39 is 0 Å². The van der Waals surface area contributed by atoms with E-state index in [1.165, 1.54) is 0 Å². The van der Waals surface area contributed by atoms with Crippen LogP contribution >= 0.6 is 0 Å². The van der Waals surface area contributed by atoms with Crippen molar-refractivity contribution in [3.8, 4) is 0 Å².